The van der Waals surface area contributed by atoms with E-state index in [1.54, 1.807) is 18.2 Å². The summed E-state index contributed by atoms with van der Waals surface area (Å²) in [5, 5.41) is 0. The predicted octanol–water partition coefficient (Wildman–Crippen LogP) is 4.56. The molecular weight excluding hydrogens is 262 g/mol. The van der Waals surface area contributed by atoms with Crippen LogP contribution < -0.4 is 10.5 Å². The van der Waals surface area contributed by atoms with E-state index >= 15 is 0 Å². The molecule has 3 heteroatoms. The van der Waals surface area contributed by atoms with Crippen molar-refractivity contribution < 1.29 is 9.53 Å². The van der Waals surface area contributed by atoms with Crippen molar-refractivity contribution in [2.75, 3.05) is 5.73 Å². The Labute approximate surface area is 125 Å². The van der Waals surface area contributed by atoms with Gasteiger partial charge in [0, 0.05) is 17.3 Å². The SMILES string of the molecule is CC(=O)c1ccc(Oc2ccc(C(C)(C)C)cc2)cc1N. The fraction of sp³-hybridized carbons (Fsp3) is 0.278. The lowest BCUT2D eigenvalue weighted by molar-refractivity contribution is 0.101. The Morgan fingerprint density at radius 3 is 2.05 bits per heavy atom. The van der Waals surface area contributed by atoms with Crippen molar-refractivity contribution in [1.82, 2.24) is 0 Å². The van der Waals surface area contributed by atoms with E-state index in [1.165, 1.54) is 12.5 Å². The topological polar surface area (TPSA) is 52.3 Å². The van der Waals surface area contributed by atoms with Gasteiger partial charge in [-0.15, -0.1) is 0 Å². The zero-order valence-electron chi connectivity index (χ0n) is 12.9. The monoisotopic (exact) mass is 283 g/mol. The first-order valence-electron chi connectivity index (χ1n) is 6.96. The highest BCUT2D eigenvalue weighted by Crippen LogP contribution is 2.28. The molecule has 0 spiro atoms. The molecule has 0 aliphatic heterocycles. The van der Waals surface area contributed by atoms with Gasteiger partial charge < -0.3 is 10.5 Å². The van der Waals surface area contributed by atoms with Crippen molar-refractivity contribution in [3.05, 3.63) is 53.6 Å². The highest BCUT2D eigenvalue weighted by Gasteiger charge is 2.13. The third-order valence-corrected chi connectivity index (χ3v) is 3.36. The number of anilines is 1. The summed E-state index contributed by atoms with van der Waals surface area (Å²) in [7, 11) is 0. The lowest BCUT2D eigenvalue weighted by Gasteiger charge is -2.19. The number of nitrogens with two attached hydrogens (primary N) is 1. The molecular formula is C18H21NO2. The van der Waals surface area contributed by atoms with Gasteiger partial charge in [0.2, 0.25) is 0 Å². The summed E-state index contributed by atoms with van der Waals surface area (Å²) in [6.45, 7) is 8.01. The molecule has 0 saturated carbocycles. The molecule has 0 aliphatic carbocycles. The number of nitrogen functional groups attached to an aromatic ring is 1. The Balaban J connectivity index is 2.19. The number of benzene rings is 2. The molecule has 0 fully saturated rings. The van der Waals surface area contributed by atoms with Gasteiger partial charge in [-0.3, -0.25) is 4.79 Å². The quantitative estimate of drug-likeness (QED) is 0.663. The third kappa shape index (κ3) is 3.63. The number of hydrogen-bond acceptors (Lipinski definition) is 3. The van der Waals surface area contributed by atoms with E-state index in [0.717, 1.165) is 5.75 Å². The average molecular weight is 283 g/mol. The van der Waals surface area contributed by atoms with Crippen LogP contribution in [-0.2, 0) is 5.41 Å². The Morgan fingerprint density at radius 2 is 1.57 bits per heavy atom. The Bertz CT molecular complexity index is 652. The number of hydrogen-bond donors (Lipinski definition) is 1. The van der Waals surface area contributed by atoms with Crippen LogP contribution in [0.3, 0.4) is 0 Å². The van der Waals surface area contributed by atoms with Crippen molar-refractivity contribution in [3.63, 3.8) is 0 Å². The minimum absolute atomic E-state index is 0.0476. The van der Waals surface area contributed by atoms with Gasteiger partial charge in [0.15, 0.2) is 5.78 Å². The fourth-order valence-electron chi connectivity index (χ4n) is 2.08. The number of Topliss-reactive ketones (excluding diaryl/α,β-unsaturated/α-hetero) is 1. The van der Waals surface area contributed by atoms with Crippen LogP contribution in [0.5, 0.6) is 11.5 Å². The van der Waals surface area contributed by atoms with Crippen LogP contribution in [0, 0.1) is 0 Å². The minimum atomic E-state index is -0.0476. The molecule has 2 N–H and O–H groups in total. The maximum absolute atomic E-state index is 11.3. The summed E-state index contributed by atoms with van der Waals surface area (Å²) in [5.74, 6) is 1.33. The summed E-state index contributed by atoms with van der Waals surface area (Å²) >= 11 is 0. The van der Waals surface area contributed by atoms with Crippen molar-refractivity contribution in [1.29, 1.82) is 0 Å². The number of rotatable bonds is 3. The predicted molar refractivity (Wildman–Crippen MR) is 86.1 cm³/mol. The molecule has 0 amide bonds. The molecule has 0 heterocycles. The van der Waals surface area contributed by atoms with E-state index in [0.29, 0.717) is 17.0 Å². The highest BCUT2D eigenvalue weighted by atomic mass is 16.5. The Morgan fingerprint density at radius 1 is 1.00 bits per heavy atom. The highest BCUT2D eigenvalue weighted by molar-refractivity contribution is 5.99. The van der Waals surface area contributed by atoms with Gasteiger partial charge in [-0.05, 0) is 42.2 Å². The molecule has 0 saturated heterocycles. The first-order valence-corrected chi connectivity index (χ1v) is 6.96. The van der Waals surface area contributed by atoms with Gasteiger partial charge in [0.05, 0.1) is 0 Å². The molecule has 0 bridgehead atoms. The summed E-state index contributed by atoms with van der Waals surface area (Å²) in [6.07, 6.45) is 0. The van der Waals surface area contributed by atoms with Crippen LogP contribution in [0.25, 0.3) is 0 Å². The number of ether oxygens (including phenoxy) is 1. The van der Waals surface area contributed by atoms with Crippen molar-refractivity contribution in [2.24, 2.45) is 0 Å². The molecule has 21 heavy (non-hydrogen) atoms. The summed E-state index contributed by atoms with van der Waals surface area (Å²) < 4.78 is 5.77. The zero-order chi connectivity index (χ0) is 15.6. The van der Waals surface area contributed by atoms with Crippen LogP contribution >= 0.6 is 0 Å². The second-order valence-corrected chi connectivity index (χ2v) is 6.18. The lowest BCUT2D eigenvalue weighted by atomic mass is 9.87. The molecule has 2 aromatic rings. The molecule has 0 radical (unpaired) electrons. The molecule has 3 nitrogen and oxygen atoms in total. The Kier molecular flexibility index (Phi) is 4.03. The van der Waals surface area contributed by atoms with E-state index in [2.05, 4.69) is 32.9 Å². The van der Waals surface area contributed by atoms with Gasteiger partial charge in [0.25, 0.3) is 0 Å². The Hall–Kier alpha value is -2.29. The molecule has 2 rings (SSSR count). The molecule has 2 aromatic carbocycles. The number of ketones is 1. The van der Waals surface area contributed by atoms with E-state index < -0.39 is 0 Å². The second-order valence-electron chi connectivity index (χ2n) is 6.18. The second kappa shape index (κ2) is 5.60. The molecule has 0 aliphatic rings. The molecule has 0 atom stereocenters. The first-order chi connectivity index (χ1) is 9.77. The maximum Gasteiger partial charge on any atom is 0.161 e. The van der Waals surface area contributed by atoms with Crippen LogP contribution in [0.2, 0.25) is 0 Å². The average Bonchev–Trinajstić information content (AvgIpc) is 2.38. The minimum Gasteiger partial charge on any atom is -0.457 e. The van der Waals surface area contributed by atoms with E-state index in [9.17, 15) is 4.79 Å². The smallest absolute Gasteiger partial charge is 0.161 e. The van der Waals surface area contributed by atoms with Crippen molar-refractivity contribution >= 4 is 11.5 Å². The molecule has 0 aromatic heterocycles. The maximum atomic E-state index is 11.3. The largest absolute Gasteiger partial charge is 0.457 e. The van der Waals surface area contributed by atoms with Gasteiger partial charge in [-0.1, -0.05) is 32.9 Å². The lowest BCUT2D eigenvalue weighted by Crippen LogP contribution is -2.10. The first kappa shape index (κ1) is 15.1. The third-order valence-electron chi connectivity index (χ3n) is 3.36. The summed E-state index contributed by atoms with van der Waals surface area (Å²) in [5.41, 5.74) is 8.18. The summed E-state index contributed by atoms with van der Waals surface area (Å²) in [6, 6.07) is 13.1. The molecule has 110 valence electrons. The number of carbonyl (C=O) groups is 1. The van der Waals surface area contributed by atoms with Crippen molar-refractivity contribution in [2.45, 2.75) is 33.1 Å². The zero-order valence-corrected chi connectivity index (χ0v) is 12.9. The number of carbonyl (C=O) groups excluding carboxylic acids is 1. The molecule has 0 unspecified atom stereocenters. The van der Waals surface area contributed by atoms with Crippen molar-refractivity contribution in [3.8, 4) is 11.5 Å². The van der Waals surface area contributed by atoms with Crippen LogP contribution in [-0.4, -0.2) is 5.78 Å². The van der Waals surface area contributed by atoms with E-state index in [1.807, 2.05) is 12.1 Å². The van der Waals surface area contributed by atoms with Crippen LogP contribution in [0.1, 0.15) is 43.6 Å². The fourth-order valence-corrected chi connectivity index (χ4v) is 2.08. The standard InChI is InChI=1S/C18H21NO2/c1-12(20)16-10-9-15(11-17(16)19)21-14-7-5-13(6-8-14)18(2,3)4/h5-11H,19H2,1-4H3. The van der Waals surface area contributed by atoms with E-state index in [4.69, 9.17) is 10.5 Å². The van der Waals surface area contributed by atoms with E-state index in [-0.39, 0.29) is 11.2 Å². The van der Waals surface area contributed by atoms with Gasteiger partial charge in [0.1, 0.15) is 11.5 Å². The van der Waals surface area contributed by atoms with Gasteiger partial charge >= 0.3 is 0 Å². The van der Waals surface area contributed by atoms with Gasteiger partial charge in [-0.2, -0.15) is 0 Å². The van der Waals surface area contributed by atoms with Gasteiger partial charge in [-0.25, -0.2) is 0 Å². The van der Waals surface area contributed by atoms with Crippen LogP contribution in [0.15, 0.2) is 42.5 Å². The normalized spacial score (nSPS) is 11.2. The van der Waals surface area contributed by atoms with Crippen LogP contribution in [0.4, 0.5) is 5.69 Å². The summed E-state index contributed by atoms with van der Waals surface area (Å²) in [4.78, 5) is 11.3.